The molecule has 0 fully saturated rings. The van der Waals surface area contributed by atoms with Crippen LogP contribution in [0.3, 0.4) is 0 Å². The Morgan fingerprint density at radius 2 is 2.09 bits per heavy atom. The minimum atomic E-state index is 0.640. The summed E-state index contributed by atoms with van der Waals surface area (Å²) in [7, 11) is 0. The molecule has 0 spiro atoms. The first-order valence-corrected chi connectivity index (χ1v) is 4.03. The molecule has 0 saturated carbocycles. The summed E-state index contributed by atoms with van der Waals surface area (Å²) in [4.78, 5) is 6.93. The lowest BCUT2D eigenvalue weighted by molar-refractivity contribution is 1.29. The third-order valence-corrected chi connectivity index (χ3v) is 2.11. The average Bonchev–Trinajstić information content (AvgIpc) is 2.31. The topological polar surface area (TPSA) is 31.6 Å². The third kappa shape index (κ3) is 1.08. The summed E-state index contributed by atoms with van der Waals surface area (Å²) in [6, 6.07) is 5.82. The van der Waals surface area contributed by atoms with Crippen LogP contribution in [0.2, 0.25) is 0 Å². The van der Waals surface area contributed by atoms with Crippen LogP contribution >= 0.6 is 24.8 Å². The van der Waals surface area contributed by atoms with Crippen molar-refractivity contribution in [1.29, 1.82) is 0 Å². The Kier molecular flexibility index (Phi) is 1.51. The second kappa shape index (κ2) is 2.39. The summed E-state index contributed by atoms with van der Waals surface area (Å²) in [6.45, 7) is 0. The maximum Gasteiger partial charge on any atom is 0.175 e. The van der Waals surface area contributed by atoms with Crippen LogP contribution < -0.4 is 0 Å². The quantitative estimate of drug-likeness (QED) is 0.424. The van der Waals surface area contributed by atoms with Gasteiger partial charge in [-0.15, -0.1) is 12.6 Å². The summed E-state index contributed by atoms with van der Waals surface area (Å²) in [6.07, 6.45) is 0. The maximum atomic E-state index is 4.93. The molecular formula is C7H6N2S2. The molecule has 56 valence electrons. The van der Waals surface area contributed by atoms with Gasteiger partial charge in [0.05, 0.1) is 11.0 Å². The summed E-state index contributed by atoms with van der Waals surface area (Å²) < 4.78 is 0.640. The standard InChI is InChI=1S/C7H6N2S2/c10-5-3-1-2-4-6(5)9-7(11)8-4/h1-3,10H,(H2,8,9,11). The largest absolute Gasteiger partial charge is 0.331 e. The number of para-hydroxylation sites is 1. The van der Waals surface area contributed by atoms with Gasteiger partial charge in [0, 0.05) is 4.90 Å². The van der Waals surface area contributed by atoms with Crippen LogP contribution in [0.25, 0.3) is 11.0 Å². The summed E-state index contributed by atoms with van der Waals surface area (Å²) in [5.41, 5.74) is 1.98. The van der Waals surface area contributed by atoms with E-state index in [2.05, 4.69) is 22.6 Å². The Labute approximate surface area is 74.1 Å². The van der Waals surface area contributed by atoms with Gasteiger partial charge in [-0.25, -0.2) is 0 Å². The highest BCUT2D eigenvalue weighted by molar-refractivity contribution is 7.80. The number of imidazole rings is 1. The number of hydrogen-bond donors (Lipinski definition) is 3. The molecule has 2 N–H and O–H groups in total. The predicted molar refractivity (Wildman–Crippen MR) is 50.7 cm³/mol. The van der Waals surface area contributed by atoms with E-state index in [0.717, 1.165) is 15.9 Å². The van der Waals surface area contributed by atoms with Crippen LogP contribution in [0.5, 0.6) is 0 Å². The molecule has 0 saturated heterocycles. The molecule has 0 atom stereocenters. The molecule has 0 aliphatic carbocycles. The number of benzene rings is 1. The van der Waals surface area contributed by atoms with E-state index >= 15 is 0 Å². The number of hydrogen-bond acceptors (Lipinski definition) is 2. The Morgan fingerprint density at radius 1 is 1.27 bits per heavy atom. The third-order valence-electron chi connectivity index (χ3n) is 1.53. The van der Waals surface area contributed by atoms with Crippen molar-refractivity contribution >= 4 is 35.9 Å². The minimum absolute atomic E-state index is 0.640. The van der Waals surface area contributed by atoms with Crippen molar-refractivity contribution in [2.75, 3.05) is 0 Å². The van der Waals surface area contributed by atoms with Crippen molar-refractivity contribution < 1.29 is 0 Å². The van der Waals surface area contributed by atoms with Crippen molar-refractivity contribution in [2.45, 2.75) is 4.90 Å². The fraction of sp³-hybridized carbons (Fsp3) is 0. The van der Waals surface area contributed by atoms with Crippen LogP contribution in [-0.2, 0) is 0 Å². The van der Waals surface area contributed by atoms with Crippen molar-refractivity contribution in [1.82, 2.24) is 9.97 Å². The van der Waals surface area contributed by atoms with E-state index in [-0.39, 0.29) is 0 Å². The Hall–Kier alpha value is -0.740. The van der Waals surface area contributed by atoms with Crippen LogP contribution in [0, 0.1) is 4.77 Å². The molecule has 4 heteroatoms. The lowest BCUT2D eigenvalue weighted by Crippen LogP contribution is -1.69. The van der Waals surface area contributed by atoms with E-state index in [1.807, 2.05) is 18.2 Å². The van der Waals surface area contributed by atoms with Gasteiger partial charge in [-0.1, -0.05) is 6.07 Å². The number of fused-ring (bicyclic) bond motifs is 1. The minimum Gasteiger partial charge on any atom is -0.331 e. The van der Waals surface area contributed by atoms with Gasteiger partial charge < -0.3 is 9.97 Å². The lowest BCUT2D eigenvalue weighted by atomic mass is 10.3. The first-order valence-electron chi connectivity index (χ1n) is 3.17. The second-order valence-corrected chi connectivity index (χ2v) is 3.17. The smallest absolute Gasteiger partial charge is 0.175 e. The maximum absolute atomic E-state index is 4.93. The van der Waals surface area contributed by atoms with Crippen LogP contribution in [0.4, 0.5) is 0 Å². The van der Waals surface area contributed by atoms with E-state index in [1.165, 1.54) is 0 Å². The molecule has 0 bridgehead atoms. The van der Waals surface area contributed by atoms with Gasteiger partial charge in [0.1, 0.15) is 0 Å². The fourth-order valence-corrected chi connectivity index (χ4v) is 1.52. The number of thiol groups is 1. The molecule has 0 radical (unpaired) electrons. The van der Waals surface area contributed by atoms with Crippen molar-refractivity contribution in [3.05, 3.63) is 23.0 Å². The number of nitrogens with one attached hydrogen (secondary N) is 2. The van der Waals surface area contributed by atoms with Gasteiger partial charge in [0.25, 0.3) is 0 Å². The van der Waals surface area contributed by atoms with E-state index in [9.17, 15) is 0 Å². The summed E-state index contributed by atoms with van der Waals surface area (Å²) in [5, 5.41) is 0. The highest BCUT2D eigenvalue weighted by Crippen LogP contribution is 2.17. The Bertz CT molecular complexity index is 441. The highest BCUT2D eigenvalue weighted by atomic mass is 32.1. The monoisotopic (exact) mass is 182 g/mol. The Balaban J connectivity index is 3.01. The molecule has 0 unspecified atom stereocenters. The molecule has 1 aromatic heterocycles. The molecule has 0 aliphatic heterocycles. The normalized spacial score (nSPS) is 10.6. The molecule has 1 heterocycles. The zero-order valence-corrected chi connectivity index (χ0v) is 7.30. The van der Waals surface area contributed by atoms with Gasteiger partial charge >= 0.3 is 0 Å². The second-order valence-electron chi connectivity index (χ2n) is 2.28. The van der Waals surface area contributed by atoms with Crippen molar-refractivity contribution in [3.8, 4) is 0 Å². The summed E-state index contributed by atoms with van der Waals surface area (Å²) in [5.74, 6) is 0. The zero-order valence-electron chi connectivity index (χ0n) is 5.59. The first-order chi connectivity index (χ1) is 5.27. The number of rotatable bonds is 0. The van der Waals surface area contributed by atoms with Gasteiger partial charge in [0.15, 0.2) is 4.77 Å². The molecule has 2 aromatic rings. The van der Waals surface area contributed by atoms with Crippen LogP contribution in [-0.4, -0.2) is 9.97 Å². The number of aromatic nitrogens is 2. The van der Waals surface area contributed by atoms with Gasteiger partial charge in [0.2, 0.25) is 0 Å². The van der Waals surface area contributed by atoms with E-state index in [0.29, 0.717) is 4.77 Å². The lowest BCUT2D eigenvalue weighted by Gasteiger charge is -1.90. The van der Waals surface area contributed by atoms with Gasteiger partial charge in [-0.05, 0) is 24.4 Å². The molecule has 0 aliphatic rings. The van der Waals surface area contributed by atoms with Crippen molar-refractivity contribution in [3.63, 3.8) is 0 Å². The fourth-order valence-electron chi connectivity index (χ4n) is 1.04. The first kappa shape index (κ1) is 6.94. The highest BCUT2D eigenvalue weighted by Gasteiger charge is 1.97. The van der Waals surface area contributed by atoms with Crippen LogP contribution in [0.15, 0.2) is 23.1 Å². The van der Waals surface area contributed by atoms with E-state index in [4.69, 9.17) is 12.2 Å². The number of aromatic amines is 2. The van der Waals surface area contributed by atoms with Gasteiger partial charge in [-0.2, -0.15) is 0 Å². The number of H-pyrrole nitrogens is 2. The average molecular weight is 182 g/mol. The zero-order chi connectivity index (χ0) is 7.84. The molecule has 11 heavy (non-hydrogen) atoms. The Morgan fingerprint density at radius 3 is 2.82 bits per heavy atom. The summed E-state index contributed by atoms with van der Waals surface area (Å²) >= 11 is 9.19. The molecular weight excluding hydrogens is 176 g/mol. The predicted octanol–water partition coefficient (Wildman–Crippen LogP) is 2.51. The molecule has 2 nitrogen and oxygen atoms in total. The molecule has 1 aromatic carbocycles. The van der Waals surface area contributed by atoms with E-state index in [1.54, 1.807) is 0 Å². The molecule has 0 amide bonds. The van der Waals surface area contributed by atoms with Crippen molar-refractivity contribution in [2.24, 2.45) is 0 Å². The SMILES string of the molecule is S=c1[nH]c2cccc(S)c2[nH]1. The van der Waals surface area contributed by atoms with Crippen LogP contribution in [0.1, 0.15) is 0 Å². The molecule has 2 rings (SSSR count). The van der Waals surface area contributed by atoms with Gasteiger partial charge in [-0.3, -0.25) is 0 Å². The van der Waals surface area contributed by atoms with E-state index < -0.39 is 0 Å².